The van der Waals surface area contributed by atoms with E-state index in [-0.39, 0.29) is 6.61 Å². The Morgan fingerprint density at radius 2 is 2.00 bits per heavy atom. The van der Waals surface area contributed by atoms with E-state index in [1.54, 1.807) is 11.3 Å². The van der Waals surface area contributed by atoms with E-state index in [0.717, 1.165) is 27.7 Å². The van der Waals surface area contributed by atoms with Gasteiger partial charge in [-0.1, -0.05) is 44.2 Å². The van der Waals surface area contributed by atoms with E-state index in [1.165, 1.54) is 0 Å². The summed E-state index contributed by atoms with van der Waals surface area (Å²) < 4.78 is 0. The van der Waals surface area contributed by atoms with Crippen molar-refractivity contribution in [2.45, 2.75) is 33.0 Å². The summed E-state index contributed by atoms with van der Waals surface area (Å²) >= 11 is 1.56. The Bertz CT molecular complexity index is 494. The van der Waals surface area contributed by atoms with Crippen LogP contribution in [0.5, 0.6) is 0 Å². The second-order valence-corrected chi connectivity index (χ2v) is 5.53. The number of hydrogen-bond acceptors (Lipinski definition) is 4. The maximum atomic E-state index is 9.23. The third-order valence-corrected chi connectivity index (χ3v) is 3.72. The number of hydrogen-bond donors (Lipinski definition) is 2. The molecule has 0 radical (unpaired) electrons. The molecule has 0 atom stereocenters. The fourth-order valence-corrected chi connectivity index (χ4v) is 2.65. The summed E-state index contributed by atoms with van der Waals surface area (Å²) in [6.45, 7) is 4.97. The number of benzene rings is 1. The number of aliphatic hydroxyl groups is 1. The number of aliphatic hydroxyl groups excluding tert-OH is 1. The Labute approximate surface area is 112 Å². The van der Waals surface area contributed by atoms with Crippen LogP contribution in [0.3, 0.4) is 0 Å². The van der Waals surface area contributed by atoms with Crippen molar-refractivity contribution < 1.29 is 5.11 Å². The molecule has 0 aliphatic carbocycles. The van der Waals surface area contributed by atoms with Crippen molar-refractivity contribution in [3.63, 3.8) is 0 Å². The molecule has 1 heterocycles. The molecular formula is C14H18N2OS. The molecule has 0 saturated carbocycles. The molecule has 0 amide bonds. The molecule has 4 heteroatoms. The van der Waals surface area contributed by atoms with Crippen LogP contribution in [0.4, 0.5) is 0 Å². The van der Waals surface area contributed by atoms with E-state index < -0.39 is 0 Å². The molecule has 0 aliphatic heterocycles. The number of nitrogens with zero attached hydrogens (tertiary/aromatic N) is 1. The smallest absolute Gasteiger partial charge is 0.119 e. The van der Waals surface area contributed by atoms with E-state index in [2.05, 4.69) is 36.3 Å². The van der Waals surface area contributed by atoms with Crippen LogP contribution in [0, 0.1) is 0 Å². The van der Waals surface area contributed by atoms with Gasteiger partial charge in [-0.3, -0.25) is 0 Å². The first-order chi connectivity index (χ1) is 8.70. The minimum absolute atomic E-state index is 0.00613. The van der Waals surface area contributed by atoms with Crippen LogP contribution in [0.1, 0.15) is 24.5 Å². The molecular weight excluding hydrogens is 244 g/mol. The second-order valence-electron chi connectivity index (χ2n) is 4.44. The van der Waals surface area contributed by atoms with Crippen LogP contribution in [0.25, 0.3) is 10.4 Å². The first-order valence-corrected chi connectivity index (χ1v) is 6.90. The zero-order chi connectivity index (χ0) is 13.0. The summed E-state index contributed by atoms with van der Waals surface area (Å²) in [4.78, 5) is 5.63. The minimum atomic E-state index is 0.00613. The van der Waals surface area contributed by atoms with E-state index in [9.17, 15) is 5.11 Å². The Morgan fingerprint density at radius 3 is 2.61 bits per heavy atom. The molecule has 2 aromatic rings. The van der Waals surface area contributed by atoms with Gasteiger partial charge in [0.2, 0.25) is 0 Å². The molecule has 0 fully saturated rings. The van der Waals surface area contributed by atoms with Gasteiger partial charge in [0.05, 0.1) is 17.2 Å². The van der Waals surface area contributed by atoms with Gasteiger partial charge >= 0.3 is 0 Å². The summed E-state index contributed by atoms with van der Waals surface area (Å²) in [5.41, 5.74) is 2.18. The summed E-state index contributed by atoms with van der Waals surface area (Å²) in [5, 5.41) is 13.4. The van der Waals surface area contributed by atoms with Gasteiger partial charge in [-0.15, -0.1) is 11.3 Å². The Balaban J connectivity index is 2.30. The van der Waals surface area contributed by atoms with Crippen LogP contribution in [-0.2, 0) is 13.2 Å². The Morgan fingerprint density at radius 1 is 1.28 bits per heavy atom. The molecule has 2 N–H and O–H groups in total. The third-order valence-electron chi connectivity index (χ3n) is 2.59. The summed E-state index contributed by atoms with van der Waals surface area (Å²) in [7, 11) is 0. The maximum absolute atomic E-state index is 9.23. The fraction of sp³-hybridized carbons (Fsp3) is 0.357. The van der Waals surface area contributed by atoms with Gasteiger partial charge in [0.25, 0.3) is 0 Å². The lowest BCUT2D eigenvalue weighted by Gasteiger charge is -2.07. The molecule has 3 nitrogen and oxygen atoms in total. The zero-order valence-corrected chi connectivity index (χ0v) is 11.5. The lowest BCUT2D eigenvalue weighted by Crippen LogP contribution is -2.22. The Kier molecular flexibility index (Phi) is 4.47. The number of rotatable bonds is 5. The Hall–Kier alpha value is -1.23. The fourth-order valence-electron chi connectivity index (χ4n) is 1.70. The van der Waals surface area contributed by atoms with Crippen molar-refractivity contribution in [2.24, 2.45) is 0 Å². The largest absolute Gasteiger partial charge is 0.389 e. The summed E-state index contributed by atoms with van der Waals surface area (Å²) in [5.74, 6) is 0. The lowest BCUT2D eigenvalue weighted by molar-refractivity contribution is 0.281. The first kappa shape index (κ1) is 13.2. The minimum Gasteiger partial charge on any atom is -0.389 e. The molecule has 1 aromatic heterocycles. The topological polar surface area (TPSA) is 45.2 Å². The number of nitrogens with one attached hydrogen (secondary N) is 1. The average Bonchev–Trinajstić information content (AvgIpc) is 2.80. The molecule has 1 aromatic carbocycles. The van der Waals surface area contributed by atoms with E-state index >= 15 is 0 Å². The van der Waals surface area contributed by atoms with Crippen molar-refractivity contribution in [1.82, 2.24) is 10.3 Å². The van der Waals surface area contributed by atoms with Crippen LogP contribution in [-0.4, -0.2) is 16.1 Å². The van der Waals surface area contributed by atoms with E-state index in [0.29, 0.717) is 6.04 Å². The van der Waals surface area contributed by atoms with Crippen molar-refractivity contribution in [3.05, 3.63) is 41.0 Å². The first-order valence-electron chi connectivity index (χ1n) is 6.09. The molecule has 0 bridgehead atoms. The monoisotopic (exact) mass is 262 g/mol. The van der Waals surface area contributed by atoms with Gasteiger partial charge in [-0.2, -0.15) is 0 Å². The second kappa shape index (κ2) is 6.09. The number of aromatic nitrogens is 1. The molecule has 0 unspecified atom stereocenters. The van der Waals surface area contributed by atoms with Crippen LogP contribution >= 0.6 is 11.3 Å². The highest BCUT2D eigenvalue weighted by molar-refractivity contribution is 7.15. The lowest BCUT2D eigenvalue weighted by atomic mass is 10.1. The third kappa shape index (κ3) is 3.16. The average molecular weight is 262 g/mol. The summed E-state index contributed by atoms with van der Waals surface area (Å²) in [6.07, 6.45) is 0. The maximum Gasteiger partial charge on any atom is 0.119 e. The van der Waals surface area contributed by atoms with Crippen LogP contribution < -0.4 is 5.32 Å². The predicted molar refractivity (Wildman–Crippen MR) is 75.4 cm³/mol. The van der Waals surface area contributed by atoms with Gasteiger partial charge < -0.3 is 10.4 Å². The van der Waals surface area contributed by atoms with Gasteiger partial charge in [-0.05, 0) is 5.56 Å². The van der Waals surface area contributed by atoms with Gasteiger partial charge in [-0.25, -0.2) is 4.98 Å². The highest BCUT2D eigenvalue weighted by atomic mass is 32.1. The normalized spacial score (nSPS) is 11.1. The molecule has 0 saturated heterocycles. The van der Waals surface area contributed by atoms with Crippen LogP contribution in [0.2, 0.25) is 0 Å². The van der Waals surface area contributed by atoms with Gasteiger partial charge in [0.1, 0.15) is 5.01 Å². The predicted octanol–water partition coefficient (Wildman–Crippen LogP) is 2.80. The van der Waals surface area contributed by atoms with Crippen LogP contribution in [0.15, 0.2) is 30.3 Å². The summed E-state index contributed by atoms with van der Waals surface area (Å²) in [6, 6.07) is 10.6. The number of thiazole rings is 1. The molecule has 96 valence electrons. The molecule has 0 spiro atoms. The highest BCUT2D eigenvalue weighted by Gasteiger charge is 2.12. The van der Waals surface area contributed by atoms with Crippen molar-refractivity contribution in [3.8, 4) is 10.4 Å². The molecule has 18 heavy (non-hydrogen) atoms. The van der Waals surface area contributed by atoms with Crippen molar-refractivity contribution in [1.29, 1.82) is 0 Å². The standard InChI is InChI=1S/C14H18N2OS/c1-10(2)15-8-12-14(18-13(9-17)16-12)11-6-4-3-5-7-11/h3-7,10,15,17H,8-9H2,1-2H3. The van der Waals surface area contributed by atoms with Gasteiger partial charge in [0, 0.05) is 12.6 Å². The molecule has 2 rings (SSSR count). The SMILES string of the molecule is CC(C)NCc1nc(CO)sc1-c1ccccc1. The van der Waals surface area contributed by atoms with Gasteiger partial charge in [0.15, 0.2) is 0 Å². The zero-order valence-electron chi connectivity index (χ0n) is 10.7. The van der Waals surface area contributed by atoms with E-state index in [4.69, 9.17) is 0 Å². The quantitative estimate of drug-likeness (QED) is 0.871. The highest BCUT2D eigenvalue weighted by Crippen LogP contribution is 2.30. The van der Waals surface area contributed by atoms with Crippen molar-refractivity contribution >= 4 is 11.3 Å². The van der Waals surface area contributed by atoms with E-state index in [1.807, 2.05) is 18.2 Å². The molecule has 0 aliphatic rings. The van der Waals surface area contributed by atoms with Crippen molar-refractivity contribution in [2.75, 3.05) is 0 Å².